The van der Waals surface area contributed by atoms with Crippen LogP contribution in [0, 0.1) is 0 Å². The number of nitrogens with one attached hydrogen (secondary N) is 2. The van der Waals surface area contributed by atoms with Crippen LogP contribution in [0.3, 0.4) is 0 Å². The number of rotatable bonds is 5. The SMILES string of the molecule is CNS(=O)(=O)c1ccc(NCC2(O)CCOCC2)c(N)c1. The second kappa shape index (κ2) is 6.18. The Morgan fingerprint density at radius 3 is 2.62 bits per heavy atom. The zero-order valence-electron chi connectivity index (χ0n) is 11.9. The molecule has 0 aliphatic carbocycles. The van der Waals surface area contributed by atoms with Gasteiger partial charge in [0.15, 0.2) is 0 Å². The largest absolute Gasteiger partial charge is 0.397 e. The summed E-state index contributed by atoms with van der Waals surface area (Å²) in [6.45, 7) is 1.42. The second-order valence-corrected chi connectivity index (χ2v) is 7.03. The molecule has 0 unspecified atom stereocenters. The van der Waals surface area contributed by atoms with Crippen LogP contribution in [-0.4, -0.2) is 45.9 Å². The summed E-state index contributed by atoms with van der Waals surface area (Å²) >= 11 is 0. The minimum Gasteiger partial charge on any atom is -0.397 e. The molecule has 118 valence electrons. The molecule has 7 nitrogen and oxygen atoms in total. The van der Waals surface area contributed by atoms with Crippen molar-refractivity contribution in [3.63, 3.8) is 0 Å². The Bertz CT molecular complexity index is 597. The lowest BCUT2D eigenvalue weighted by Gasteiger charge is -2.32. The topological polar surface area (TPSA) is 114 Å². The fourth-order valence-corrected chi connectivity index (χ4v) is 2.94. The van der Waals surface area contributed by atoms with Crippen LogP contribution < -0.4 is 15.8 Å². The van der Waals surface area contributed by atoms with Gasteiger partial charge in [0, 0.05) is 32.6 Å². The molecule has 0 saturated carbocycles. The number of nitrogens with two attached hydrogens (primary N) is 1. The van der Waals surface area contributed by atoms with Crippen LogP contribution in [-0.2, 0) is 14.8 Å². The molecule has 1 heterocycles. The highest BCUT2D eigenvalue weighted by Crippen LogP contribution is 2.25. The summed E-state index contributed by atoms with van der Waals surface area (Å²) in [6.07, 6.45) is 1.12. The molecular weight excluding hydrogens is 294 g/mol. The number of ether oxygens (including phenoxy) is 1. The van der Waals surface area contributed by atoms with E-state index in [-0.39, 0.29) is 4.90 Å². The Labute approximate surface area is 124 Å². The van der Waals surface area contributed by atoms with Gasteiger partial charge in [-0.15, -0.1) is 0 Å². The maximum atomic E-state index is 11.7. The number of anilines is 2. The first-order valence-corrected chi connectivity index (χ1v) is 8.22. The van der Waals surface area contributed by atoms with Crippen molar-refractivity contribution in [1.82, 2.24) is 4.72 Å². The van der Waals surface area contributed by atoms with E-state index in [0.29, 0.717) is 44.0 Å². The van der Waals surface area contributed by atoms with Crippen LogP contribution >= 0.6 is 0 Å². The van der Waals surface area contributed by atoms with Gasteiger partial charge < -0.3 is 20.9 Å². The number of nitrogen functional groups attached to an aromatic ring is 1. The van der Waals surface area contributed by atoms with Crippen LogP contribution in [0.4, 0.5) is 11.4 Å². The molecule has 0 spiro atoms. The minimum atomic E-state index is -3.51. The van der Waals surface area contributed by atoms with Crippen molar-refractivity contribution >= 4 is 21.4 Å². The number of hydrogen-bond donors (Lipinski definition) is 4. The molecule has 1 aliphatic rings. The summed E-state index contributed by atoms with van der Waals surface area (Å²) in [5.41, 5.74) is 5.97. The number of sulfonamides is 1. The summed E-state index contributed by atoms with van der Waals surface area (Å²) in [7, 11) is -2.16. The monoisotopic (exact) mass is 315 g/mol. The van der Waals surface area contributed by atoms with Crippen molar-refractivity contribution in [2.75, 3.05) is 37.9 Å². The van der Waals surface area contributed by atoms with Gasteiger partial charge in [0.1, 0.15) is 0 Å². The standard InChI is InChI=1S/C13H21N3O4S/c1-15-21(18,19)10-2-3-12(11(14)8-10)16-9-13(17)4-6-20-7-5-13/h2-3,8,15-17H,4-7,9,14H2,1H3. The van der Waals surface area contributed by atoms with E-state index in [9.17, 15) is 13.5 Å². The fraction of sp³-hybridized carbons (Fsp3) is 0.538. The third-order valence-corrected chi connectivity index (χ3v) is 5.05. The summed E-state index contributed by atoms with van der Waals surface area (Å²) < 4.78 is 30.8. The lowest BCUT2D eigenvalue weighted by atomic mass is 9.94. The van der Waals surface area contributed by atoms with E-state index in [2.05, 4.69) is 10.0 Å². The van der Waals surface area contributed by atoms with Crippen molar-refractivity contribution in [2.45, 2.75) is 23.3 Å². The molecule has 0 amide bonds. The van der Waals surface area contributed by atoms with Crippen LogP contribution in [0.25, 0.3) is 0 Å². The van der Waals surface area contributed by atoms with Gasteiger partial charge >= 0.3 is 0 Å². The Morgan fingerprint density at radius 1 is 1.38 bits per heavy atom. The zero-order chi connectivity index (χ0) is 15.5. The highest BCUT2D eigenvalue weighted by atomic mass is 32.2. The van der Waals surface area contributed by atoms with E-state index in [1.165, 1.54) is 19.2 Å². The van der Waals surface area contributed by atoms with E-state index in [1.54, 1.807) is 6.07 Å². The van der Waals surface area contributed by atoms with Gasteiger partial charge in [-0.05, 0) is 25.2 Å². The van der Waals surface area contributed by atoms with Crippen molar-refractivity contribution in [3.05, 3.63) is 18.2 Å². The second-order valence-electron chi connectivity index (χ2n) is 5.15. The van der Waals surface area contributed by atoms with Crippen LogP contribution in [0.2, 0.25) is 0 Å². The average Bonchev–Trinajstić information content (AvgIpc) is 2.46. The predicted octanol–water partition coefficient (Wildman–Crippen LogP) is 0.130. The third-order valence-electron chi connectivity index (χ3n) is 3.63. The maximum Gasteiger partial charge on any atom is 0.240 e. The first-order chi connectivity index (χ1) is 9.86. The molecule has 8 heteroatoms. The van der Waals surface area contributed by atoms with E-state index in [1.807, 2.05) is 0 Å². The van der Waals surface area contributed by atoms with E-state index in [0.717, 1.165) is 0 Å². The Kier molecular flexibility index (Phi) is 4.72. The van der Waals surface area contributed by atoms with Gasteiger partial charge in [-0.2, -0.15) is 0 Å². The number of hydrogen-bond acceptors (Lipinski definition) is 6. The highest BCUT2D eigenvalue weighted by Gasteiger charge is 2.29. The van der Waals surface area contributed by atoms with Gasteiger partial charge in [-0.25, -0.2) is 13.1 Å². The van der Waals surface area contributed by atoms with E-state index in [4.69, 9.17) is 10.5 Å². The summed E-state index contributed by atoms with van der Waals surface area (Å²) in [5, 5.41) is 13.4. The van der Waals surface area contributed by atoms with Crippen LogP contribution in [0.15, 0.2) is 23.1 Å². The minimum absolute atomic E-state index is 0.109. The van der Waals surface area contributed by atoms with E-state index >= 15 is 0 Å². The predicted molar refractivity (Wildman–Crippen MR) is 80.6 cm³/mol. The lowest BCUT2D eigenvalue weighted by Crippen LogP contribution is -2.42. The number of benzene rings is 1. The van der Waals surface area contributed by atoms with E-state index < -0.39 is 15.6 Å². The van der Waals surface area contributed by atoms with Gasteiger partial charge in [-0.1, -0.05) is 0 Å². The molecule has 2 rings (SSSR count). The normalized spacial score (nSPS) is 18.4. The molecule has 1 aromatic rings. The zero-order valence-corrected chi connectivity index (χ0v) is 12.7. The molecule has 0 bridgehead atoms. The molecule has 1 saturated heterocycles. The molecule has 1 aromatic carbocycles. The Hall–Kier alpha value is -1.35. The average molecular weight is 315 g/mol. The summed E-state index contributed by atoms with van der Waals surface area (Å²) in [6, 6.07) is 4.46. The molecule has 21 heavy (non-hydrogen) atoms. The van der Waals surface area contributed by atoms with Crippen molar-refractivity contribution < 1.29 is 18.3 Å². The third kappa shape index (κ3) is 3.85. The van der Waals surface area contributed by atoms with Gasteiger partial charge in [0.25, 0.3) is 0 Å². The molecule has 0 radical (unpaired) electrons. The lowest BCUT2D eigenvalue weighted by molar-refractivity contribution is -0.0543. The fourth-order valence-electron chi connectivity index (χ4n) is 2.17. The summed E-state index contributed by atoms with van der Waals surface area (Å²) in [5.74, 6) is 0. The van der Waals surface area contributed by atoms with Gasteiger partial charge in [0.2, 0.25) is 10.0 Å². The van der Waals surface area contributed by atoms with Crippen molar-refractivity contribution in [1.29, 1.82) is 0 Å². The first-order valence-electron chi connectivity index (χ1n) is 6.73. The molecule has 0 aromatic heterocycles. The quantitative estimate of drug-likeness (QED) is 0.574. The van der Waals surface area contributed by atoms with Crippen molar-refractivity contribution in [3.8, 4) is 0 Å². The highest BCUT2D eigenvalue weighted by molar-refractivity contribution is 7.89. The summed E-state index contributed by atoms with van der Waals surface area (Å²) in [4.78, 5) is 0.109. The van der Waals surface area contributed by atoms with Crippen LogP contribution in [0.5, 0.6) is 0 Å². The maximum absolute atomic E-state index is 11.7. The molecule has 5 N–H and O–H groups in total. The molecular formula is C13H21N3O4S. The first kappa shape index (κ1) is 16.0. The van der Waals surface area contributed by atoms with Crippen molar-refractivity contribution in [2.24, 2.45) is 0 Å². The smallest absolute Gasteiger partial charge is 0.240 e. The molecule has 0 atom stereocenters. The Balaban J connectivity index is 2.08. The van der Waals surface area contributed by atoms with Gasteiger partial charge in [-0.3, -0.25) is 0 Å². The van der Waals surface area contributed by atoms with Crippen LogP contribution in [0.1, 0.15) is 12.8 Å². The number of aliphatic hydroxyl groups is 1. The van der Waals surface area contributed by atoms with Gasteiger partial charge in [0.05, 0.1) is 21.9 Å². The molecule has 1 fully saturated rings. The molecule has 1 aliphatic heterocycles. The Morgan fingerprint density at radius 2 is 2.05 bits per heavy atom.